The summed E-state index contributed by atoms with van der Waals surface area (Å²) in [7, 11) is 0. The number of piperazine rings is 1. The van der Waals surface area contributed by atoms with Crippen LogP contribution in [0.1, 0.15) is 27.9 Å². The van der Waals surface area contributed by atoms with Gasteiger partial charge in [0, 0.05) is 42.4 Å². The fraction of sp³-hybridized carbons (Fsp3) is 0.350. The average Bonchev–Trinajstić information content (AvgIpc) is 2.62. The lowest BCUT2D eigenvalue weighted by molar-refractivity contribution is 0.0696. The van der Waals surface area contributed by atoms with E-state index in [0.717, 1.165) is 39.0 Å². The van der Waals surface area contributed by atoms with Gasteiger partial charge in [-0.3, -0.25) is 4.90 Å². The zero-order valence-electron chi connectivity index (χ0n) is 14.0. The molecule has 0 bridgehead atoms. The van der Waals surface area contributed by atoms with Gasteiger partial charge in [0.2, 0.25) is 0 Å². The van der Waals surface area contributed by atoms with Crippen LogP contribution in [0.15, 0.2) is 46.9 Å². The van der Waals surface area contributed by atoms with Crippen LogP contribution in [0.3, 0.4) is 0 Å². The number of benzene rings is 2. The molecule has 0 amide bonds. The second kappa shape index (κ2) is 6.81. The van der Waals surface area contributed by atoms with E-state index in [-0.39, 0.29) is 0 Å². The van der Waals surface area contributed by atoms with Gasteiger partial charge in [-0.05, 0) is 48.2 Å². The van der Waals surface area contributed by atoms with Gasteiger partial charge in [0.1, 0.15) is 0 Å². The number of nitrogens with zero attached hydrogens (tertiary/aromatic N) is 2. The van der Waals surface area contributed by atoms with Crippen LogP contribution in [0.25, 0.3) is 0 Å². The maximum absolute atomic E-state index is 11.2. The van der Waals surface area contributed by atoms with Crippen LogP contribution in [0.4, 0.5) is 5.69 Å². The van der Waals surface area contributed by atoms with Crippen molar-refractivity contribution in [3.05, 3.63) is 63.6 Å². The van der Waals surface area contributed by atoms with Crippen molar-refractivity contribution in [2.45, 2.75) is 25.4 Å². The van der Waals surface area contributed by atoms with Gasteiger partial charge in [-0.25, -0.2) is 4.79 Å². The summed E-state index contributed by atoms with van der Waals surface area (Å²) in [6, 6.07) is 14.5. The van der Waals surface area contributed by atoms with Crippen molar-refractivity contribution in [3.8, 4) is 0 Å². The molecule has 4 nitrogen and oxygen atoms in total. The lowest BCUT2D eigenvalue weighted by Crippen LogP contribution is -2.54. The van der Waals surface area contributed by atoms with E-state index >= 15 is 0 Å². The molecule has 0 aliphatic carbocycles. The predicted octanol–water partition coefficient (Wildman–Crippen LogP) is 3.78. The molecule has 2 aromatic rings. The maximum atomic E-state index is 11.2. The van der Waals surface area contributed by atoms with Gasteiger partial charge in [0.25, 0.3) is 0 Å². The van der Waals surface area contributed by atoms with Crippen molar-refractivity contribution in [1.29, 1.82) is 0 Å². The van der Waals surface area contributed by atoms with Crippen molar-refractivity contribution in [2.75, 3.05) is 24.5 Å². The molecule has 130 valence electrons. The first-order chi connectivity index (χ1) is 12.1. The molecule has 0 radical (unpaired) electrons. The number of hydrogen-bond acceptors (Lipinski definition) is 3. The van der Waals surface area contributed by atoms with Gasteiger partial charge in [0.15, 0.2) is 0 Å². The highest BCUT2D eigenvalue weighted by Gasteiger charge is 2.32. The van der Waals surface area contributed by atoms with Gasteiger partial charge < -0.3 is 10.0 Å². The third-order valence-electron chi connectivity index (χ3n) is 5.30. The molecule has 4 rings (SSSR count). The normalized spacial score (nSPS) is 20.0. The number of carboxylic acid groups (broad SMARTS) is 1. The summed E-state index contributed by atoms with van der Waals surface area (Å²) in [6.07, 6.45) is 2.04. The molecule has 0 saturated carbocycles. The molecule has 2 heterocycles. The quantitative estimate of drug-likeness (QED) is 0.850. The Morgan fingerprint density at radius 3 is 2.84 bits per heavy atom. The second-order valence-electron chi connectivity index (χ2n) is 6.86. The molecule has 25 heavy (non-hydrogen) atoms. The van der Waals surface area contributed by atoms with Crippen LogP contribution in [0, 0.1) is 0 Å². The number of rotatable bonds is 3. The third kappa shape index (κ3) is 3.31. The first-order valence-electron chi connectivity index (χ1n) is 8.70. The highest BCUT2D eigenvalue weighted by Crippen LogP contribution is 2.34. The molecule has 1 fully saturated rings. The highest BCUT2D eigenvalue weighted by molar-refractivity contribution is 9.10. The SMILES string of the molecule is O=C(O)c1ccc2c(c1)CC[C@@H]1CN(Cc3ccccc3Br)CCN21. The minimum Gasteiger partial charge on any atom is -0.478 e. The molecule has 2 aliphatic heterocycles. The molecular weight excluding hydrogens is 380 g/mol. The lowest BCUT2D eigenvalue weighted by atomic mass is 9.92. The van der Waals surface area contributed by atoms with Crippen molar-refractivity contribution in [2.24, 2.45) is 0 Å². The fourth-order valence-corrected chi connectivity index (χ4v) is 4.43. The topological polar surface area (TPSA) is 43.8 Å². The molecule has 2 aliphatic rings. The van der Waals surface area contributed by atoms with E-state index in [4.69, 9.17) is 0 Å². The minimum atomic E-state index is -0.844. The lowest BCUT2D eigenvalue weighted by Gasteiger charge is -2.46. The van der Waals surface area contributed by atoms with Crippen molar-refractivity contribution in [3.63, 3.8) is 0 Å². The standard InChI is InChI=1S/C20H21BrN2O2/c21-18-4-2-1-3-16(18)12-22-9-10-23-17(13-22)7-5-14-11-15(20(24)25)6-8-19(14)23/h1-4,6,8,11,17H,5,7,9-10,12-13H2,(H,24,25)/t17-/m1/s1. The number of halogens is 1. The van der Waals surface area contributed by atoms with Crippen LogP contribution in [0.5, 0.6) is 0 Å². The molecule has 0 unspecified atom stereocenters. The van der Waals surface area contributed by atoms with E-state index < -0.39 is 5.97 Å². The van der Waals surface area contributed by atoms with Gasteiger partial charge in [0.05, 0.1) is 5.56 Å². The first kappa shape index (κ1) is 16.6. The summed E-state index contributed by atoms with van der Waals surface area (Å²) in [5.41, 5.74) is 4.13. The number of carbonyl (C=O) groups is 1. The number of fused-ring (bicyclic) bond motifs is 3. The van der Waals surface area contributed by atoms with Gasteiger partial charge in [-0.15, -0.1) is 0 Å². The van der Waals surface area contributed by atoms with Crippen LogP contribution in [-0.2, 0) is 13.0 Å². The number of aromatic carboxylic acids is 1. The van der Waals surface area contributed by atoms with E-state index in [1.54, 1.807) is 6.07 Å². The first-order valence-corrected chi connectivity index (χ1v) is 9.50. The van der Waals surface area contributed by atoms with Gasteiger partial charge >= 0.3 is 5.97 Å². The van der Waals surface area contributed by atoms with Gasteiger partial charge in [-0.1, -0.05) is 34.1 Å². The summed E-state index contributed by atoms with van der Waals surface area (Å²) in [6.45, 7) is 4.05. The Labute approximate surface area is 156 Å². The highest BCUT2D eigenvalue weighted by atomic mass is 79.9. The Morgan fingerprint density at radius 1 is 1.20 bits per heavy atom. The summed E-state index contributed by atoms with van der Waals surface area (Å²) < 4.78 is 1.17. The van der Waals surface area contributed by atoms with Crippen LogP contribution in [-0.4, -0.2) is 41.7 Å². The summed E-state index contributed by atoms with van der Waals surface area (Å²) in [5.74, 6) is -0.844. The monoisotopic (exact) mass is 400 g/mol. The number of aryl methyl sites for hydroxylation is 1. The second-order valence-corrected chi connectivity index (χ2v) is 7.72. The van der Waals surface area contributed by atoms with E-state index in [1.165, 1.54) is 21.3 Å². The third-order valence-corrected chi connectivity index (χ3v) is 6.08. The Bertz CT molecular complexity index is 808. The van der Waals surface area contributed by atoms with E-state index in [1.807, 2.05) is 12.1 Å². The maximum Gasteiger partial charge on any atom is 0.335 e. The van der Waals surface area contributed by atoms with Gasteiger partial charge in [-0.2, -0.15) is 0 Å². The number of anilines is 1. The Kier molecular flexibility index (Phi) is 4.52. The fourth-order valence-electron chi connectivity index (χ4n) is 4.02. The largest absolute Gasteiger partial charge is 0.478 e. The molecule has 0 spiro atoms. The van der Waals surface area contributed by atoms with E-state index in [9.17, 15) is 9.90 Å². The zero-order valence-corrected chi connectivity index (χ0v) is 15.6. The van der Waals surface area contributed by atoms with Crippen molar-refractivity contribution < 1.29 is 9.90 Å². The molecule has 1 N–H and O–H groups in total. The predicted molar refractivity (Wildman–Crippen MR) is 102 cm³/mol. The Morgan fingerprint density at radius 2 is 2.04 bits per heavy atom. The average molecular weight is 401 g/mol. The van der Waals surface area contributed by atoms with Crippen LogP contribution in [0.2, 0.25) is 0 Å². The number of hydrogen-bond donors (Lipinski definition) is 1. The molecular formula is C20H21BrN2O2. The smallest absolute Gasteiger partial charge is 0.335 e. The molecule has 5 heteroatoms. The van der Waals surface area contributed by atoms with E-state index in [2.05, 4.69) is 50.0 Å². The molecule has 2 aromatic carbocycles. The van der Waals surface area contributed by atoms with Crippen LogP contribution >= 0.6 is 15.9 Å². The Hall–Kier alpha value is -1.85. The van der Waals surface area contributed by atoms with Crippen molar-refractivity contribution in [1.82, 2.24) is 4.90 Å². The van der Waals surface area contributed by atoms with Crippen LogP contribution < -0.4 is 4.90 Å². The zero-order chi connectivity index (χ0) is 17.4. The summed E-state index contributed by atoms with van der Waals surface area (Å²) in [4.78, 5) is 16.2. The summed E-state index contributed by atoms with van der Waals surface area (Å²) >= 11 is 3.65. The van der Waals surface area contributed by atoms with Crippen molar-refractivity contribution >= 4 is 27.6 Å². The summed E-state index contributed by atoms with van der Waals surface area (Å²) in [5, 5.41) is 9.19. The van der Waals surface area contributed by atoms with E-state index in [0.29, 0.717) is 11.6 Å². The molecule has 1 saturated heterocycles. The molecule has 0 aromatic heterocycles. The Balaban J connectivity index is 1.49. The minimum absolute atomic E-state index is 0.393. The molecule has 1 atom stereocenters. The number of carboxylic acids is 1.